The van der Waals surface area contributed by atoms with Crippen molar-refractivity contribution >= 4 is 23.7 Å². The molecule has 0 aromatic heterocycles. The Labute approximate surface area is 229 Å². The molecule has 2 N–H and O–H groups in total. The van der Waals surface area contributed by atoms with Gasteiger partial charge in [0.1, 0.15) is 11.5 Å². The topological polar surface area (TPSA) is 103 Å². The minimum atomic E-state index is -0.791. The van der Waals surface area contributed by atoms with E-state index < -0.39 is 6.16 Å². The molecule has 0 radical (unpaired) electrons. The Kier molecular flexibility index (Phi) is 10.5. The molecule has 0 aliphatic carbocycles. The summed E-state index contributed by atoms with van der Waals surface area (Å²) >= 11 is 0. The Morgan fingerprint density at radius 3 is 2.08 bits per heavy atom. The molecule has 0 unspecified atom stereocenters. The number of carbonyl (C=O) groups excluding carboxylic acids is 3. The molecule has 8 heteroatoms. The Hall–Kier alpha value is -4.33. The van der Waals surface area contributed by atoms with Gasteiger partial charge in [-0.25, -0.2) is 4.79 Å². The third kappa shape index (κ3) is 9.81. The van der Waals surface area contributed by atoms with Gasteiger partial charge in [-0.2, -0.15) is 0 Å². The Bertz CT molecular complexity index is 1230. The minimum Gasteiger partial charge on any atom is -0.494 e. The predicted octanol–water partition coefficient (Wildman–Crippen LogP) is 6.25. The molecular weight excluding hydrogens is 496 g/mol. The van der Waals surface area contributed by atoms with Gasteiger partial charge in [-0.05, 0) is 78.4 Å². The average molecular weight is 533 g/mol. The third-order valence-electron chi connectivity index (χ3n) is 5.81. The van der Waals surface area contributed by atoms with Gasteiger partial charge >= 0.3 is 6.16 Å². The van der Waals surface area contributed by atoms with Crippen LogP contribution >= 0.6 is 0 Å². The maximum absolute atomic E-state index is 12.4. The Morgan fingerprint density at radius 1 is 0.821 bits per heavy atom. The fourth-order valence-corrected chi connectivity index (χ4v) is 3.61. The standard InChI is InChI=1S/C31H36N2O6/c1-5-37-30(36)39-27-16-10-23(11-17-27)29(35)32-21-22-8-14-25(15-9-22)33-28(34)7-6-20-38-26-18-12-24(13-19-26)31(2,3)4/h8-19H,5-7,20-21H2,1-4H3,(H,32,35)(H,33,34). The van der Waals surface area contributed by atoms with Crippen LogP contribution in [0.4, 0.5) is 10.5 Å². The first-order valence-corrected chi connectivity index (χ1v) is 13.0. The highest BCUT2D eigenvalue weighted by atomic mass is 16.7. The molecular formula is C31H36N2O6. The van der Waals surface area contributed by atoms with Gasteiger partial charge in [0.05, 0.1) is 13.2 Å². The molecule has 8 nitrogen and oxygen atoms in total. The second kappa shape index (κ2) is 14.0. The van der Waals surface area contributed by atoms with Crippen molar-refractivity contribution in [2.45, 2.75) is 52.5 Å². The lowest BCUT2D eigenvalue weighted by Gasteiger charge is -2.19. The minimum absolute atomic E-state index is 0.0851. The molecule has 0 spiro atoms. The molecule has 0 saturated heterocycles. The van der Waals surface area contributed by atoms with Gasteiger partial charge in [-0.15, -0.1) is 0 Å². The number of carbonyl (C=O) groups is 3. The van der Waals surface area contributed by atoms with Crippen LogP contribution in [0.5, 0.6) is 11.5 Å². The summed E-state index contributed by atoms with van der Waals surface area (Å²) in [7, 11) is 0. The normalized spacial score (nSPS) is 10.9. The smallest absolute Gasteiger partial charge is 0.494 e. The molecule has 0 aliphatic rings. The molecule has 39 heavy (non-hydrogen) atoms. The first kappa shape index (κ1) is 29.2. The lowest BCUT2D eigenvalue weighted by Crippen LogP contribution is -2.22. The number of rotatable bonds is 11. The van der Waals surface area contributed by atoms with Crippen LogP contribution in [0.15, 0.2) is 72.8 Å². The average Bonchev–Trinajstić information content (AvgIpc) is 2.91. The van der Waals surface area contributed by atoms with Gasteiger partial charge in [0.15, 0.2) is 0 Å². The maximum Gasteiger partial charge on any atom is 0.513 e. The fourth-order valence-electron chi connectivity index (χ4n) is 3.61. The van der Waals surface area contributed by atoms with E-state index in [9.17, 15) is 14.4 Å². The predicted molar refractivity (Wildman–Crippen MR) is 150 cm³/mol. The summed E-state index contributed by atoms with van der Waals surface area (Å²) in [4.78, 5) is 36.1. The van der Waals surface area contributed by atoms with Gasteiger partial charge in [-0.3, -0.25) is 9.59 Å². The zero-order chi connectivity index (χ0) is 28.3. The van der Waals surface area contributed by atoms with E-state index in [2.05, 4.69) is 43.5 Å². The molecule has 0 atom stereocenters. The summed E-state index contributed by atoms with van der Waals surface area (Å²) in [6.45, 7) is 9.19. The molecule has 0 aliphatic heterocycles. The van der Waals surface area contributed by atoms with Gasteiger partial charge in [0.2, 0.25) is 5.91 Å². The second-order valence-electron chi connectivity index (χ2n) is 9.96. The molecule has 0 saturated carbocycles. The zero-order valence-corrected chi connectivity index (χ0v) is 22.9. The van der Waals surface area contributed by atoms with Crippen LogP contribution in [0.2, 0.25) is 0 Å². The van der Waals surface area contributed by atoms with Gasteiger partial charge in [0, 0.05) is 24.2 Å². The summed E-state index contributed by atoms with van der Waals surface area (Å²) in [6.07, 6.45) is 0.162. The lowest BCUT2D eigenvalue weighted by molar-refractivity contribution is -0.116. The molecule has 3 aromatic rings. The highest BCUT2D eigenvalue weighted by Crippen LogP contribution is 2.24. The highest BCUT2D eigenvalue weighted by molar-refractivity contribution is 5.94. The van der Waals surface area contributed by atoms with E-state index in [1.54, 1.807) is 31.2 Å². The van der Waals surface area contributed by atoms with Crippen molar-refractivity contribution < 1.29 is 28.6 Å². The SMILES string of the molecule is CCOC(=O)Oc1ccc(C(=O)NCc2ccc(NC(=O)CCCOc3ccc(C(C)(C)C)cc3)cc2)cc1. The summed E-state index contributed by atoms with van der Waals surface area (Å²) in [5.74, 6) is 0.743. The number of benzene rings is 3. The van der Waals surface area contributed by atoms with Gasteiger partial charge in [-0.1, -0.05) is 45.0 Å². The first-order chi connectivity index (χ1) is 18.6. The second-order valence-corrected chi connectivity index (χ2v) is 9.96. The molecule has 3 aromatic carbocycles. The number of amides is 2. The van der Waals surface area contributed by atoms with Crippen LogP contribution in [0.1, 0.15) is 62.0 Å². The van der Waals surface area contributed by atoms with Gasteiger partial charge < -0.3 is 24.8 Å². The third-order valence-corrected chi connectivity index (χ3v) is 5.81. The van der Waals surface area contributed by atoms with Crippen LogP contribution in [-0.4, -0.2) is 31.2 Å². The number of ether oxygens (including phenoxy) is 3. The Morgan fingerprint density at radius 2 is 1.46 bits per heavy atom. The zero-order valence-electron chi connectivity index (χ0n) is 22.9. The van der Waals surface area contributed by atoms with Crippen molar-refractivity contribution in [3.8, 4) is 11.5 Å². The monoisotopic (exact) mass is 532 g/mol. The van der Waals surface area contributed by atoms with E-state index >= 15 is 0 Å². The molecule has 0 heterocycles. The van der Waals surface area contributed by atoms with Crippen LogP contribution < -0.4 is 20.1 Å². The molecule has 206 valence electrons. The fraction of sp³-hybridized carbons (Fsp3) is 0.323. The van der Waals surface area contributed by atoms with E-state index in [1.807, 2.05) is 24.3 Å². The molecule has 0 bridgehead atoms. The van der Waals surface area contributed by atoms with Crippen molar-refractivity contribution in [2.24, 2.45) is 0 Å². The maximum atomic E-state index is 12.4. The van der Waals surface area contributed by atoms with Crippen molar-refractivity contribution in [1.82, 2.24) is 5.32 Å². The van der Waals surface area contributed by atoms with Crippen molar-refractivity contribution in [3.05, 3.63) is 89.5 Å². The number of hydrogen-bond acceptors (Lipinski definition) is 6. The van der Waals surface area contributed by atoms with Gasteiger partial charge in [0.25, 0.3) is 5.91 Å². The van der Waals surface area contributed by atoms with Crippen LogP contribution in [0.25, 0.3) is 0 Å². The lowest BCUT2D eigenvalue weighted by atomic mass is 9.87. The van der Waals surface area contributed by atoms with E-state index in [0.29, 0.717) is 43.0 Å². The number of nitrogens with one attached hydrogen (secondary N) is 2. The summed E-state index contributed by atoms with van der Waals surface area (Å²) < 4.78 is 15.5. The van der Waals surface area contributed by atoms with E-state index in [4.69, 9.17) is 14.2 Å². The number of anilines is 1. The molecule has 0 fully saturated rings. The van der Waals surface area contributed by atoms with Crippen molar-refractivity contribution in [3.63, 3.8) is 0 Å². The van der Waals surface area contributed by atoms with Crippen molar-refractivity contribution in [1.29, 1.82) is 0 Å². The molecule has 3 rings (SSSR count). The quantitative estimate of drug-likeness (QED) is 0.172. The van der Waals surface area contributed by atoms with E-state index in [1.165, 1.54) is 17.7 Å². The highest BCUT2D eigenvalue weighted by Gasteiger charge is 2.13. The van der Waals surface area contributed by atoms with E-state index in [0.717, 1.165) is 11.3 Å². The van der Waals surface area contributed by atoms with Crippen molar-refractivity contribution in [2.75, 3.05) is 18.5 Å². The van der Waals surface area contributed by atoms with Crippen LogP contribution in [-0.2, 0) is 21.5 Å². The largest absolute Gasteiger partial charge is 0.513 e. The molecule has 2 amide bonds. The Balaban J connectivity index is 1.36. The van der Waals surface area contributed by atoms with Crippen LogP contribution in [0.3, 0.4) is 0 Å². The van der Waals surface area contributed by atoms with Crippen LogP contribution in [0, 0.1) is 0 Å². The number of hydrogen-bond donors (Lipinski definition) is 2. The summed E-state index contributed by atoms with van der Waals surface area (Å²) in [5, 5.41) is 5.72. The first-order valence-electron chi connectivity index (χ1n) is 13.0. The summed E-state index contributed by atoms with van der Waals surface area (Å²) in [6, 6.07) is 21.5. The summed E-state index contributed by atoms with van der Waals surface area (Å²) in [5.41, 5.74) is 3.35. The van der Waals surface area contributed by atoms with E-state index in [-0.39, 0.29) is 23.8 Å².